The van der Waals surface area contributed by atoms with Gasteiger partial charge in [0.25, 0.3) is 0 Å². The molecule has 0 aliphatic rings. The van der Waals surface area contributed by atoms with Gasteiger partial charge in [-0.3, -0.25) is 0 Å². The molecule has 1 heterocycles. The zero-order valence-corrected chi connectivity index (χ0v) is 11.5. The fourth-order valence-corrected chi connectivity index (χ4v) is 3.38. The molecule has 0 bridgehead atoms. The fraction of sp³-hybridized carbons (Fsp3) is 0.273. The van der Waals surface area contributed by atoms with Crippen LogP contribution in [0, 0.1) is 6.92 Å². The van der Waals surface area contributed by atoms with E-state index in [-0.39, 0.29) is 0 Å². The Hall–Kier alpha value is -0.620. The first-order valence-corrected chi connectivity index (χ1v) is 7.20. The zero-order chi connectivity index (χ0) is 12.3. The molecule has 0 aliphatic heterocycles. The number of aromatic nitrogens is 2. The Bertz CT molecular complexity index is 504. The lowest BCUT2D eigenvalue weighted by molar-refractivity contribution is 0.204. The number of hydrogen-bond acceptors (Lipinski definition) is 5. The molecule has 0 saturated heterocycles. The van der Waals surface area contributed by atoms with Crippen LogP contribution in [0.3, 0.4) is 0 Å². The number of rotatable bonds is 4. The van der Waals surface area contributed by atoms with Crippen LogP contribution < -0.4 is 0 Å². The van der Waals surface area contributed by atoms with Crippen molar-refractivity contribution in [3.05, 3.63) is 39.9 Å². The molecule has 1 aromatic carbocycles. The Morgan fingerprint density at radius 3 is 2.82 bits per heavy atom. The molecule has 6 heteroatoms. The van der Waals surface area contributed by atoms with Gasteiger partial charge in [-0.05, 0) is 18.6 Å². The van der Waals surface area contributed by atoms with Crippen LogP contribution in [0.2, 0.25) is 5.02 Å². The van der Waals surface area contributed by atoms with Crippen LogP contribution >= 0.6 is 34.7 Å². The Kier molecular flexibility index (Phi) is 4.39. The van der Waals surface area contributed by atoms with Gasteiger partial charge < -0.3 is 5.11 Å². The highest BCUT2D eigenvalue weighted by molar-refractivity contribution is 8.01. The maximum absolute atomic E-state index is 10.0. The standard InChI is InChI=1S/C11H11ClN2OS2/c1-7-13-14-11(17-7)16-6-10(15)8-4-2-3-5-9(8)12/h2-5,10,15H,6H2,1H3/t10-/m1/s1. The van der Waals surface area contributed by atoms with E-state index in [0.29, 0.717) is 10.8 Å². The van der Waals surface area contributed by atoms with Gasteiger partial charge in [0.2, 0.25) is 0 Å². The highest BCUT2D eigenvalue weighted by atomic mass is 35.5. The van der Waals surface area contributed by atoms with Gasteiger partial charge in [0, 0.05) is 10.8 Å². The molecular weight excluding hydrogens is 276 g/mol. The Labute approximate surface area is 113 Å². The average Bonchev–Trinajstić information content (AvgIpc) is 2.73. The molecule has 0 fully saturated rings. The molecule has 2 aromatic rings. The molecule has 0 radical (unpaired) electrons. The minimum atomic E-state index is -0.585. The van der Waals surface area contributed by atoms with Crippen molar-refractivity contribution in [2.75, 3.05) is 5.75 Å². The van der Waals surface area contributed by atoms with E-state index in [0.717, 1.165) is 14.9 Å². The molecule has 1 atom stereocenters. The van der Waals surface area contributed by atoms with Crippen LogP contribution in [0.25, 0.3) is 0 Å². The summed E-state index contributed by atoms with van der Waals surface area (Å²) in [5.74, 6) is 0.526. The van der Waals surface area contributed by atoms with Crippen LogP contribution in [-0.4, -0.2) is 21.1 Å². The molecule has 0 aliphatic carbocycles. The number of benzene rings is 1. The van der Waals surface area contributed by atoms with Crippen molar-refractivity contribution in [1.82, 2.24) is 10.2 Å². The zero-order valence-electron chi connectivity index (χ0n) is 9.13. The van der Waals surface area contributed by atoms with E-state index in [4.69, 9.17) is 11.6 Å². The van der Waals surface area contributed by atoms with E-state index >= 15 is 0 Å². The second-order valence-corrected chi connectivity index (χ2v) is 6.29. The van der Waals surface area contributed by atoms with Gasteiger partial charge in [0.1, 0.15) is 5.01 Å². The van der Waals surface area contributed by atoms with Crippen molar-refractivity contribution in [2.45, 2.75) is 17.4 Å². The van der Waals surface area contributed by atoms with E-state index in [1.807, 2.05) is 25.1 Å². The van der Waals surface area contributed by atoms with Crippen molar-refractivity contribution in [3.8, 4) is 0 Å². The first kappa shape index (κ1) is 12.8. The third kappa shape index (κ3) is 3.42. The first-order valence-electron chi connectivity index (χ1n) is 5.02. The Balaban J connectivity index is 1.98. The molecule has 0 saturated carbocycles. The summed E-state index contributed by atoms with van der Waals surface area (Å²) in [5, 5.41) is 19.5. The van der Waals surface area contributed by atoms with Gasteiger partial charge in [0.05, 0.1) is 6.10 Å². The summed E-state index contributed by atoms with van der Waals surface area (Å²) in [5.41, 5.74) is 0.753. The highest BCUT2D eigenvalue weighted by Crippen LogP contribution is 2.29. The van der Waals surface area contributed by atoms with Gasteiger partial charge in [-0.25, -0.2) is 0 Å². The predicted octanol–water partition coefficient (Wildman–Crippen LogP) is 3.33. The number of aliphatic hydroxyl groups is 1. The third-order valence-corrected chi connectivity index (χ3v) is 4.53. The summed E-state index contributed by atoms with van der Waals surface area (Å²) in [6, 6.07) is 7.32. The minimum absolute atomic E-state index is 0.526. The van der Waals surface area contributed by atoms with Crippen molar-refractivity contribution in [1.29, 1.82) is 0 Å². The monoisotopic (exact) mass is 286 g/mol. The summed E-state index contributed by atoms with van der Waals surface area (Å²) in [7, 11) is 0. The van der Waals surface area contributed by atoms with Crippen LogP contribution in [0.5, 0.6) is 0 Å². The van der Waals surface area contributed by atoms with Gasteiger partial charge in [0.15, 0.2) is 4.34 Å². The van der Waals surface area contributed by atoms with E-state index < -0.39 is 6.10 Å². The molecule has 0 amide bonds. The van der Waals surface area contributed by atoms with Crippen molar-refractivity contribution < 1.29 is 5.11 Å². The molecule has 0 spiro atoms. The van der Waals surface area contributed by atoms with Gasteiger partial charge in [-0.2, -0.15) is 0 Å². The number of thioether (sulfide) groups is 1. The molecule has 1 N–H and O–H groups in total. The quantitative estimate of drug-likeness (QED) is 0.876. The summed E-state index contributed by atoms with van der Waals surface area (Å²) in [6.07, 6.45) is -0.585. The maximum Gasteiger partial charge on any atom is 0.174 e. The molecule has 0 unspecified atom stereocenters. The van der Waals surface area contributed by atoms with E-state index in [9.17, 15) is 5.11 Å². The normalized spacial score (nSPS) is 12.6. The summed E-state index contributed by atoms with van der Waals surface area (Å²) >= 11 is 9.03. The van der Waals surface area contributed by atoms with Crippen LogP contribution in [0.4, 0.5) is 0 Å². The number of aliphatic hydroxyl groups excluding tert-OH is 1. The van der Waals surface area contributed by atoms with Crippen LogP contribution in [0.1, 0.15) is 16.7 Å². The lowest BCUT2D eigenvalue weighted by atomic mass is 10.1. The first-order chi connectivity index (χ1) is 8.16. The topological polar surface area (TPSA) is 46.0 Å². The second-order valence-electron chi connectivity index (χ2n) is 3.44. The lowest BCUT2D eigenvalue weighted by Gasteiger charge is -2.10. The number of nitrogens with zero attached hydrogens (tertiary/aromatic N) is 2. The smallest absolute Gasteiger partial charge is 0.174 e. The average molecular weight is 287 g/mol. The molecule has 90 valence electrons. The Morgan fingerprint density at radius 1 is 1.41 bits per heavy atom. The third-order valence-electron chi connectivity index (χ3n) is 2.14. The largest absolute Gasteiger partial charge is 0.387 e. The SMILES string of the molecule is Cc1nnc(SC[C@@H](O)c2ccccc2Cl)s1. The van der Waals surface area contributed by atoms with Gasteiger partial charge in [-0.15, -0.1) is 10.2 Å². The van der Waals surface area contributed by atoms with Gasteiger partial charge >= 0.3 is 0 Å². The van der Waals surface area contributed by atoms with E-state index in [1.165, 1.54) is 23.1 Å². The molecular formula is C11H11ClN2OS2. The van der Waals surface area contributed by atoms with E-state index in [1.54, 1.807) is 6.07 Å². The summed E-state index contributed by atoms with van der Waals surface area (Å²) < 4.78 is 0.869. The molecule has 3 nitrogen and oxygen atoms in total. The van der Waals surface area contributed by atoms with Crippen molar-refractivity contribution in [2.24, 2.45) is 0 Å². The van der Waals surface area contributed by atoms with Crippen LogP contribution in [-0.2, 0) is 0 Å². The predicted molar refractivity (Wildman–Crippen MR) is 71.8 cm³/mol. The van der Waals surface area contributed by atoms with Crippen molar-refractivity contribution in [3.63, 3.8) is 0 Å². The van der Waals surface area contributed by atoms with E-state index in [2.05, 4.69) is 10.2 Å². The van der Waals surface area contributed by atoms with Crippen molar-refractivity contribution >= 4 is 34.7 Å². The molecule has 1 aromatic heterocycles. The minimum Gasteiger partial charge on any atom is -0.387 e. The van der Waals surface area contributed by atoms with Gasteiger partial charge in [-0.1, -0.05) is 52.9 Å². The molecule has 17 heavy (non-hydrogen) atoms. The highest BCUT2D eigenvalue weighted by Gasteiger charge is 2.12. The summed E-state index contributed by atoms with van der Waals surface area (Å²) in [4.78, 5) is 0. The number of hydrogen-bond donors (Lipinski definition) is 1. The number of halogens is 1. The molecule has 2 rings (SSSR count). The van der Waals surface area contributed by atoms with Crippen LogP contribution in [0.15, 0.2) is 28.6 Å². The Morgan fingerprint density at radius 2 is 2.18 bits per heavy atom. The fourth-order valence-electron chi connectivity index (χ4n) is 1.32. The lowest BCUT2D eigenvalue weighted by Crippen LogP contribution is -2.01. The second kappa shape index (κ2) is 5.82. The number of aryl methyl sites for hydroxylation is 1. The summed E-state index contributed by atoms with van der Waals surface area (Å²) in [6.45, 7) is 1.91. The maximum atomic E-state index is 10.0.